The van der Waals surface area contributed by atoms with Crippen molar-refractivity contribution in [1.29, 1.82) is 0 Å². The Morgan fingerprint density at radius 3 is 2.74 bits per heavy atom. The average Bonchev–Trinajstić information content (AvgIpc) is 2.43. The number of ether oxygens (including phenoxy) is 1. The molecule has 0 radical (unpaired) electrons. The number of piperidine rings is 1. The summed E-state index contributed by atoms with van der Waals surface area (Å²) in [5, 5.41) is 4.88. The van der Waals surface area contributed by atoms with Crippen LogP contribution < -0.4 is 10.1 Å². The lowest BCUT2D eigenvalue weighted by Crippen LogP contribution is -2.35. The Bertz CT molecular complexity index is 442. The quantitative estimate of drug-likeness (QED) is 0.883. The first-order valence-electron chi connectivity index (χ1n) is 6.91. The van der Waals surface area contributed by atoms with E-state index in [0.29, 0.717) is 17.7 Å². The lowest BCUT2D eigenvalue weighted by Gasteiger charge is -2.23. The Balaban J connectivity index is 1.92. The van der Waals surface area contributed by atoms with Gasteiger partial charge < -0.3 is 10.1 Å². The third-order valence-electron chi connectivity index (χ3n) is 3.70. The zero-order valence-corrected chi connectivity index (χ0v) is 13.1. The smallest absolute Gasteiger partial charge is 0.138 e. The molecule has 1 aliphatic heterocycles. The fourth-order valence-electron chi connectivity index (χ4n) is 2.49. The van der Waals surface area contributed by atoms with E-state index in [0.717, 1.165) is 34.9 Å². The number of nitrogens with one attached hydrogen (secondary N) is 1. The van der Waals surface area contributed by atoms with E-state index >= 15 is 0 Å². The number of rotatable bonds is 4. The Kier molecular flexibility index (Phi) is 5.37. The molecule has 1 aliphatic rings. The molecule has 0 spiro atoms. The third kappa shape index (κ3) is 3.77. The minimum absolute atomic E-state index is 0.585. The molecule has 2 nitrogen and oxygen atoms in total. The van der Waals surface area contributed by atoms with Gasteiger partial charge in [0.1, 0.15) is 5.75 Å². The normalized spacial score (nSPS) is 19.5. The van der Waals surface area contributed by atoms with Gasteiger partial charge in [-0.2, -0.15) is 0 Å². The van der Waals surface area contributed by atoms with E-state index in [-0.39, 0.29) is 0 Å². The maximum atomic E-state index is 6.27. The third-order valence-corrected chi connectivity index (χ3v) is 4.76. The predicted molar refractivity (Wildman–Crippen MR) is 81.7 cm³/mol. The standard InChI is InChI=1S/C15H21Cl2NO/c1-10-9-13(15(17)11(2)14(10)16)19-8-6-12-5-3-4-7-18-12/h9,12,18H,3-8H2,1-2H3/t12-/m1/s1. The van der Waals surface area contributed by atoms with E-state index in [1.165, 1.54) is 19.3 Å². The van der Waals surface area contributed by atoms with E-state index in [9.17, 15) is 0 Å². The summed E-state index contributed by atoms with van der Waals surface area (Å²) in [5.74, 6) is 0.747. The van der Waals surface area contributed by atoms with Crippen molar-refractivity contribution in [3.8, 4) is 5.75 Å². The molecule has 0 amide bonds. The summed E-state index contributed by atoms with van der Waals surface area (Å²) < 4.78 is 5.83. The predicted octanol–water partition coefficient (Wildman–Crippen LogP) is 4.52. The van der Waals surface area contributed by atoms with Gasteiger partial charge >= 0.3 is 0 Å². The molecule has 1 heterocycles. The molecule has 0 bridgehead atoms. The second-order valence-corrected chi connectivity index (χ2v) is 5.98. The Morgan fingerprint density at radius 1 is 1.26 bits per heavy atom. The van der Waals surface area contributed by atoms with Crippen LogP contribution in [0, 0.1) is 13.8 Å². The Labute approximate surface area is 125 Å². The van der Waals surface area contributed by atoms with Crippen molar-refractivity contribution in [1.82, 2.24) is 5.32 Å². The first-order chi connectivity index (χ1) is 9.09. The molecule has 1 fully saturated rings. The second kappa shape index (κ2) is 6.83. The molecule has 1 saturated heterocycles. The minimum Gasteiger partial charge on any atom is -0.492 e. The van der Waals surface area contributed by atoms with Crippen molar-refractivity contribution in [2.24, 2.45) is 0 Å². The van der Waals surface area contributed by atoms with Gasteiger partial charge in [0.25, 0.3) is 0 Å². The Hall–Kier alpha value is -0.440. The highest BCUT2D eigenvalue weighted by atomic mass is 35.5. The highest BCUT2D eigenvalue weighted by molar-refractivity contribution is 6.37. The van der Waals surface area contributed by atoms with Crippen LogP contribution in [0.5, 0.6) is 5.75 Å². The summed E-state index contributed by atoms with van der Waals surface area (Å²) in [5.41, 5.74) is 1.91. The summed E-state index contributed by atoms with van der Waals surface area (Å²) in [6.07, 6.45) is 4.88. The van der Waals surface area contributed by atoms with Crippen LogP contribution in [-0.4, -0.2) is 19.2 Å². The number of hydrogen-bond acceptors (Lipinski definition) is 2. The van der Waals surface area contributed by atoms with Crippen molar-refractivity contribution < 1.29 is 4.74 Å². The maximum Gasteiger partial charge on any atom is 0.138 e. The van der Waals surface area contributed by atoms with Crippen molar-refractivity contribution in [2.45, 2.75) is 45.6 Å². The monoisotopic (exact) mass is 301 g/mol. The van der Waals surface area contributed by atoms with Crippen LogP contribution in [0.15, 0.2) is 6.07 Å². The molecule has 0 saturated carbocycles. The molecular weight excluding hydrogens is 281 g/mol. The van der Waals surface area contributed by atoms with Crippen molar-refractivity contribution in [3.05, 3.63) is 27.2 Å². The molecule has 1 atom stereocenters. The van der Waals surface area contributed by atoms with Gasteiger partial charge in [-0.25, -0.2) is 0 Å². The fraction of sp³-hybridized carbons (Fsp3) is 0.600. The van der Waals surface area contributed by atoms with Gasteiger partial charge in [-0.1, -0.05) is 29.6 Å². The van der Waals surface area contributed by atoms with Gasteiger partial charge in [-0.3, -0.25) is 0 Å². The number of benzene rings is 1. The van der Waals surface area contributed by atoms with Gasteiger partial charge in [-0.05, 0) is 56.8 Å². The zero-order valence-electron chi connectivity index (χ0n) is 11.6. The molecule has 0 aromatic heterocycles. The van der Waals surface area contributed by atoms with Crippen LogP contribution in [0.25, 0.3) is 0 Å². The van der Waals surface area contributed by atoms with E-state index in [4.69, 9.17) is 27.9 Å². The highest BCUT2D eigenvalue weighted by Gasteiger charge is 2.14. The summed E-state index contributed by atoms with van der Waals surface area (Å²) in [6.45, 7) is 5.72. The van der Waals surface area contributed by atoms with Crippen LogP contribution in [0.2, 0.25) is 10.0 Å². The fourth-order valence-corrected chi connectivity index (χ4v) is 2.89. The highest BCUT2D eigenvalue weighted by Crippen LogP contribution is 2.35. The van der Waals surface area contributed by atoms with Gasteiger partial charge in [0, 0.05) is 11.1 Å². The van der Waals surface area contributed by atoms with Crippen LogP contribution in [0.1, 0.15) is 36.8 Å². The van der Waals surface area contributed by atoms with Crippen LogP contribution >= 0.6 is 23.2 Å². The molecule has 1 aromatic carbocycles. The van der Waals surface area contributed by atoms with E-state index in [2.05, 4.69) is 5.32 Å². The average molecular weight is 302 g/mol. The SMILES string of the molecule is Cc1cc(OCC[C@H]2CCCCN2)c(Cl)c(C)c1Cl. The minimum atomic E-state index is 0.585. The number of aryl methyl sites for hydroxylation is 1. The van der Waals surface area contributed by atoms with E-state index in [1.807, 2.05) is 19.9 Å². The molecule has 4 heteroatoms. The molecule has 106 valence electrons. The molecular formula is C15H21Cl2NO. The first-order valence-corrected chi connectivity index (χ1v) is 7.66. The summed E-state index contributed by atoms with van der Waals surface area (Å²) in [7, 11) is 0. The van der Waals surface area contributed by atoms with Gasteiger partial charge in [0.05, 0.1) is 11.6 Å². The number of halogens is 2. The largest absolute Gasteiger partial charge is 0.492 e. The molecule has 2 rings (SSSR count). The van der Waals surface area contributed by atoms with E-state index < -0.39 is 0 Å². The Morgan fingerprint density at radius 2 is 2.05 bits per heavy atom. The number of hydrogen-bond donors (Lipinski definition) is 1. The summed E-state index contributed by atoms with van der Waals surface area (Å²) in [4.78, 5) is 0. The molecule has 19 heavy (non-hydrogen) atoms. The second-order valence-electron chi connectivity index (χ2n) is 5.23. The maximum absolute atomic E-state index is 6.27. The van der Waals surface area contributed by atoms with E-state index in [1.54, 1.807) is 0 Å². The summed E-state index contributed by atoms with van der Waals surface area (Å²) in [6, 6.07) is 2.51. The van der Waals surface area contributed by atoms with Crippen LogP contribution in [0.3, 0.4) is 0 Å². The van der Waals surface area contributed by atoms with Crippen molar-refractivity contribution in [2.75, 3.05) is 13.2 Å². The molecule has 0 unspecified atom stereocenters. The summed E-state index contributed by atoms with van der Waals surface area (Å²) >= 11 is 12.4. The van der Waals surface area contributed by atoms with Crippen LogP contribution in [-0.2, 0) is 0 Å². The van der Waals surface area contributed by atoms with Crippen molar-refractivity contribution in [3.63, 3.8) is 0 Å². The van der Waals surface area contributed by atoms with Gasteiger partial charge in [0.15, 0.2) is 0 Å². The van der Waals surface area contributed by atoms with Gasteiger partial charge in [-0.15, -0.1) is 0 Å². The molecule has 1 aromatic rings. The lowest BCUT2D eigenvalue weighted by atomic mass is 10.0. The molecule has 0 aliphatic carbocycles. The molecule has 1 N–H and O–H groups in total. The van der Waals surface area contributed by atoms with Gasteiger partial charge in [0.2, 0.25) is 0 Å². The lowest BCUT2D eigenvalue weighted by molar-refractivity contribution is 0.268. The van der Waals surface area contributed by atoms with Crippen LogP contribution in [0.4, 0.5) is 0 Å². The van der Waals surface area contributed by atoms with Crippen molar-refractivity contribution >= 4 is 23.2 Å². The topological polar surface area (TPSA) is 21.3 Å². The zero-order chi connectivity index (χ0) is 13.8. The first kappa shape index (κ1) is 15.0.